The predicted octanol–water partition coefficient (Wildman–Crippen LogP) is 1.07. The monoisotopic (exact) mass is 291 g/mol. The normalized spacial score (nSPS) is 10.4. The molecule has 0 saturated carbocycles. The highest BCUT2D eigenvalue weighted by molar-refractivity contribution is 6.06. The Morgan fingerprint density at radius 1 is 1.33 bits per heavy atom. The van der Waals surface area contributed by atoms with Gasteiger partial charge in [0.1, 0.15) is 17.1 Å². The molecule has 0 fully saturated rings. The van der Waals surface area contributed by atoms with E-state index in [2.05, 4.69) is 15.5 Å². The van der Waals surface area contributed by atoms with E-state index in [0.29, 0.717) is 18.1 Å². The summed E-state index contributed by atoms with van der Waals surface area (Å²) in [5, 5.41) is 10.7. The smallest absolute Gasteiger partial charge is 0.343 e. The van der Waals surface area contributed by atoms with Crippen molar-refractivity contribution in [2.75, 3.05) is 11.9 Å². The molecule has 0 saturated heterocycles. The molecule has 0 radical (unpaired) electrons. The highest BCUT2D eigenvalue weighted by Gasteiger charge is 2.21. The van der Waals surface area contributed by atoms with Gasteiger partial charge < -0.3 is 10.1 Å². The maximum atomic E-state index is 12.3. The standard InChI is InChI=1S/C13H17N5O3/c1-4-18-10(6-7-14-18)12(19)16-11-9(8-15-17(11)3)13(20)21-5-2/h6-8H,4-5H2,1-3H3,(H,16,19). The Hall–Kier alpha value is -2.64. The Kier molecular flexibility index (Phi) is 4.36. The summed E-state index contributed by atoms with van der Waals surface area (Å²) in [6.45, 7) is 4.43. The second-order valence-electron chi connectivity index (χ2n) is 4.24. The van der Waals surface area contributed by atoms with Crippen molar-refractivity contribution in [2.45, 2.75) is 20.4 Å². The molecule has 1 amide bonds. The van der Waals surface area contributed by atoms with Crippen LogP contribution in [0, 0.1) is 0 Å². The number of hydrogen-bond acceptors (Lipinski definition) is 5. The fourth-order valence-electron chi connectivity index (χ4n) is 1.89. The first-order valence-corrected chi connectivity index (χ1v) is 6.60. The van der Waals surface area contributed by atoms with Crippen LogP contribution in [0.1, 0.15) is 34.7 Å². The van der Waals surface area contributed by atoms with Crippen LogP contribution in [-0.4, -0.2) is 38.0 Å². The number of esters is 1. The fraction of sp³-hybridized carbons (Fsp3) is 0.385. The van der Waals surface area contributed by atoms with Crippen LogP contribution < -0.4 is 5.32 Å². The number of aryl methyl sites for hydroxylation is 2. The van der Waals surface area contributed by atoms with Gasteiger partial charge in [0.2, 0.25) is 0 Å². The number of aromatic nitrogens is 4. The molecule has 2 heterocycles. The lowest BCUT2D eigenvalue weighted by Gasteiger charge is -2.09. The van der Waals surface area contributed by atoms with Crippen molar-refractivity contribution in [3.63, 3.8) is 0 Å². The number of carbonyl (C=O) groups excluding carboxylic acids is 2. The van der Waals surface area contributed by atoms with Crippen molar-refractivity contribution in [1.82, 2.24) is 19.6 Å². The van der Waals surface area contributed by atoms with Crippen LogP contribution in [0.3, 0.4) is 0 Å². The topological polar surface area (TPSA) is 91.0 Å². The van der Waals surface area contributed by atoms with Gasteiger partial charge in [0.15, 0.2) is 0 Å². The molecule has 0 bridgehead atoms. The molecule has 0 aliphatic rings. The number of amides is 1. The molecule has 2 aromatic heterocycles. The van der Waals surface area contributed by atoms with Crippen molar-refractivity contribution in [3.8, 4) is 0 Å². The third-order valence-corrected chi connectivity index (χ3v) is 2.91. The Bertz CT molecular complexity index is 659. The number of rotatable bonds is 5. The molecular formula is C13H17N5O3. The van der Waals surface area contributed by atoms with Crippen LogP contribution in [0.25, 0.3) is 0 Å². The SMILES string of the molecule is CCOC(=O)c1cnn(C)c1NC(=O)c1ccnn1CC. The summed E-state index contributed by atoms with van der Waals surface area (Å²) in [4.78, 5) is 24.1. The second kappa shape index (κ2) is 6.21. The van der Waals surface area contributed by atoms with Gasteiger partial charge in [-0.05, 0) is 19.9 Å². The molecule has 112 valence electrons. The Balaban J connectivity index is 2.25. The van der Waals surface area contributed by atoms with E-state index in [4.69, 9.17) is 4.74 Å². The molecule has 8 nitrogen and oxygen atoms in total. The zero-order valence-corrected chi connectivity index (χ0v) is 12.2. The first-order valence-electron chi connectivity index (χ1n) is 6.60. The lowest BCUT2D eigenvalue weighted by molar-refractivity contribution is 0.0527. The van der Waals surface area contributed by atoms with Gasteiger partial charge >= 0.3 is 5.97 Å². The van der Waals surface area contributed by atoms with Crippen molar-refractivity contribution < 1.29 is 14.3 Å². The van der Waals surface area contributed by atoms with Gasteiger partial charge in [-0.3, -0.25) is 14.2 Å². The zero-order chi connectivity index (χ0) is 15.4. The molecule has 0 spiro atoms. The van der Waals surface area contributed by atoms with Gasteiger partial charge in [-0.25, -0.2) is 4.79 Å². The van der Waals surface area contributed by atoms with E-state index in [-0.39, 0.29) is 18.1 Å². The molecule has 2 aromatic rings. The third-order valence-electron chi connectivity index (χ3n) is 2.91. The van der Waals surface area contributed by atoms with E-state index in [1.54, 1.807) is 30.9 Å². The number of carbonyl (C=O) groups is 2. The van der Waals surface area contributed by atoms with Gasteiger partial charge in [-0.15, -0.1) is 0 Å². The lowest BCUT2D eigenvalue weighted by Crippen LogP contribution is -2.20. The summed E-state index contributed by atoms with van der Waals surface area (Å²) in [5.41, 5.74) is 0.628. The minimum atomic E-state index is -0.523. The molecule has 0 atom stereocenters. The maximum Gasteiger partial charge on any atom is 0.343 e. The van der Waals surface area contributed by atoms with E-state index in [1.165, 1.54) is 10.9 Å². The zero-order valence-electron chi connectivity index (χ0n) is 12.2. The highest BCUT2D eigenvalue weighted by atomic mass is 16.5. The number of anilines is 1. The predicted molar refractivity (Wildman–Crippen MR) is 75.0 cm³/mol. The summed E-state index contributed by atoms with van der Waals surface area (Å²) in [5.74, 6) is -0.587. The molecule has 2 rings (SSSR count). The van der Waals surface area contributed by atoms with Crippen molar-refractivity contribution in [1.29, 1.82) is 0 Å². The average molecular weight is 291 g/mol. The Labute approximate surface area is 121 Å². The van der Waals surface area contributed by atoms with E-state index >= 15 is 0 Å². The van der Waals surface area contributed by atoms with Gasteiger partial charge in [-0.1, -0.05) is 0 Å². The van der Waals surface area contributed by atoms with Crippen LogP contribution in [0.15, 0.2) is 18.5 Å². The van der Waals surface area contributed by atoms with E-state index in [9.17, 15) is 9.59 Å². The van der Waals surface area contributed by atoms with Gasteiger partial charge in [0, 0.05) is 19.8 Å². The summed E-state index contributed by atoms with van der Waals surface area (Å²) < 4.78 is 7.92. The molecule has 0 aromatic carbocycles. The van der Waals surface area contributed by atoms with Gasteiger partial charge in [0.05, 0.1) is 12.8 Å². The van der Waals surface area contributed by atoms with E-state index in [0.717, 1.165) is 0 Å². The van der Waals surface area contributed by atoms with Crippen LogP contribution in [0.5, 0.6) is 0 Å². The van der Waals surface area contributed by atoms with Gasteiger partial charge in [-0.2, -0.15) is 10.2 Å². The molecule has 0 aliphatic carbocycles. The fourth-order valence-corrected chi connectivity index (χ4v) is 1.89. The van der Waals surface area contributed by atoms with E-state index in [1.807, 2.05) is 6.92 Å². The molecule has 8 heteroatoms. The second-order valence-corrected chi connectivity index (χ2v) is 4.24. The molecular weight excluding hydrogens is 274 g/mol. The number of hydrogen-bond donors (Lipinski definition) is 1. The Morgan fingerprint density at radius 2 is 2.10 bits per heavy atom. The minimum absolute atomic E-state index is 0.218. The van der Waals surface area contributed by atoms with Crippen molar-refractivity contribution in [3.05, 3.63) is 29.7 Å². The first kappa shape index (κ1) is 14.8. The van der Waals surface area contributed by atoms with Crippen LogP contribution in [0.2, 0.25) is 0 Å². The first-order chi connectivity index (χ1) is 10.1. The number of nitrogens with zero attached hydrogens (tertiary/aromatic N) is 4. The van der Waals surface area contributed by atoms with E-state index < -0.39 is 5.97 Å². The van der Waals surface area contributed by atoms with Crippen LogP contribution in [0.4, 0.5) is 5.82 Å². The number of ether oxygens (including phenoxy) is 1. The van der Waals surface area contributed by atoms with Crippen LogP contribution in [-0.2, 0) is 18.3 Å². The summed E-state index contributed by atoms with van der Waals surface area (Å²) in [7, 11) is 1.63. The van der Waals surface area contributed by atoms with Crippen molar-refractivity contribution in [2.24, 2.45) is 7.05 Å². The quantitative estimate of drug-likeness (QED) is 0.832. The highest BCUT2D eigenvalue weighted by Crippen LogP contribution is 2.16. The van der Waals surface area contributed by atoms with Crippen molar-refractivity contribution >= 4 is 17.7 Å². The summed E-state index contributed by atoms with van der Waals surface area (Å²) >= 11 is 0. The minimum Gasteiger partial charge on any atom is -0.462 e. The number of nitrogens with one attached hydrogen (secondary N) is 1. The molecule has 1 N–H and O–H groups in total. The largest absolute Gasteiger partial charge is 0.462 e. The van der Waals surface area contributed by atoms with Crippen LogP contribution >= 0.6 is 0 Å². The molecule has 0 unspecified atom stereocenters. The van der Waals surface area contributed by atoms with Gasteiger partial charge in [0.25, 0.3) is 5.91 Å². The molecule has 21 heavy (non-hydrogen) atoms. The molecule has 0 aliphatic heterocycles. The third kappa shape index (κ3) is 2.93. The maximum absolute atomic E-state index is 12.3. The Morgan fingerprint density at radius 3 is 2.76 bits per heavy atom. The average Bonchev–Trinajstić information content (AvgIpc) is 3.06. The lowest BCUT2D eigenvalue weighted by atomic mass is 10.3. The summed E-state index contributed by atoms with van der Waals surface area (Å²) in [6.07, 6.45) is 2.92. The summed E-state index contributed by atoms with van der Waals surface area (Å²) in [6, 6.07) is 1.61.